The first kappa shape index (κ1) is 16.5. The number of nitrogens with one attached hydrogen (secondary N) is 1. The third-order valence-corrected chi connectivity index (χ3v) is 6.20. The molecule has 1 N–H and O–H groups in total. The van der Waals surface area contributed by atoms with Gasteiger partial charge in [0.2, 0.25) is 0 Å². The molecule has 0 atom stereocenters. The van der Waals surface area contributed by atoms with E-state index < -0.39 is 0 Å². The molecule has 0 spiro atoms. The van der Waals surface area contributed by atoms with Gasteiger partial charge in [-0.25, -0.2) is 0 Å². The summed E-state index contributed by atoms with van der Waals surface area (Å²) in [7, 11) is 0. The number of rotatable bonds is 2. The molecule has 0 aromatic heterocycles. The van der Waals surface area contributed by atoms with Gasteiger partial charge in [0.1, 0.15) is 0 Å². The van der Waals surface area contributed by atoms with Crippen LogP contribution in [0.3, 0.4) is 0 Å². The molecular formula is C19H15BrINO. The highest BCUT2D eigenvalue weighted by Crippen LogP contribution is 2.27. The number of halogens is 2. The van der Waals surface area contributed by atoms with Crippen LogP contribution >= 0.6 is 38.5 Å². The predicted octanol–water partition coefficient (Wildman–Crippen LogP) is 6.08. The molecule has 0 aliphatic heterocycles. The van der Waals surface area contributed by atoms with Crippen LogP contribution in [0.15, 0.2) is 53.0 Å². The summed E-state index contributed by atoms with van der Waals surface area (Å²) in [6.07, 6.45) is 0. The van der Waals surface area contributed by atoms with E-state index in [-0.39, 0.29) is 5.91 Å². The van der Waals surface area contributed by atoms with E-state index in [0.717, 1.165) is 20.9 Å². The minimum Gasteiger partial charge on any atom is -0.322 e. The van der Waals surface area contributed by atoms with Crippen molar-refractivity contribution in [2.45, 2.75) is 13.8 Å². The van der Waals surface area contributed by atoms with Crippen molar-refractivity contribution in [2.24, 2.45) is 0 Å². The van der Waals surface area contributed by atoms with Gasteiger partial charge >= 0.3 is 0 Å². The van der Waals surface area contributed by atoms with E-state index in [1.165, 1.54) is 14.7 Å². The molecule has 0 saturated heterocycles. The van der Waals surface area contributed by atoms with Gasteiger partial charge in [0.05, 0.1) is 0 Å². The van der Waals surface area contributed by atoms with Gasteiger partial charge in [-0.3, -0.25) is 4.79 Å². The summed E-state index contributed by atoms with van der Waals surface area (Å²) in [5.74, 6) is -0.0892. The topological polar surface area (TPSA) is 29.1 Å². The molecule has 3 rings (SSSR count). The summed E-state index contributed by atoms with van der Waals surface area (Å²) >= 11 is 5.87. The molecule has 2 nitrogen and oxygen atoms in total. The van der Waals surface area contributed by atoms with E-state index in [0.29, 0.717) is 5.56 Å². The van der Waals surface area contributed by atoms with Gasteiger partial charge in [-0.2, -0.15) is 0 Å². The number of anilines is 1. The molecule has 3 aromatic rings. The highest BCUT2D eigenvalue weighted by Gasteiger charge is 2.12. The van der Waals surface area contributed by atoms with Gasteiger partial charge in [-0.05, 0) is 82.6 Å². The molecule has 0 aliphatic carbocycles. The van der Waals surface area contributed by atoms with Crippen molar-refractivity contribution in [3.8, 4) is 0 Å². The van der Waals surface area contributed by atoms with Gasteiger partial charge in [0.15, 0.2) is 0 Å². The quantitative estimate of drug-likeness (QED) is 0.443. The zero-order valence-corrected chi connectivity index (χ0v) is 16.5. The second-order valence-corrected chi connectivity index (χ2v) is 7.45. The smallest absolute Gasteiger partial charge is 0.256 e. The van der Waals surface area contributed by atoms with Gasteiger partial charge in [-0.1, -0.05) is 40.2 Å². The number of amides is 1. The standard InChI is InChI=1S/C19H15BrINO/c1-11-9-13(10-12(2)18(11)21)22-19(23)16-7-3-6-15-14(16)5-4-8-17(15)20/h3-10H,1-2H3,(H,22,23). The van der Waals surface area contributed by atoms with E-state index in [1.54, 1.807) is 0 Å². The van der Waals surface area contributed by atoms with Gasteiger partial charge in [0.25, 0.3) is 5.91 Å². The van der Waals surface area contributed by atoms with Crippen LogP contribution in [0.4, 0.5) is 5.69 Å². The number of aryl methyl sites for hydroxylation is 2. The number of carbonyl (C=O) groups excluding carboxylic acids is 1. The van der Waals surface area contributed by atoms with Crippen molar-refractivity contribution in [1.82, 2.24) is 0 Å². The summed E-state index contributed by atoms with van der Waals surface area (Å²) in [5.41, 5.74) is 3.85. The van der Waals surface area contributed by atoms with Gasteiger partial charge < -0.3 is 5.32 Å². The fourth-order valence-corrected chi connectivity index (χ4v) is 3.50. The summed E-state index contributed by atoms with van der Waals surface area (Å²) in [5, 5.41) is 5.00. The second kappa shape index (κ2) is 6.61. The first-order valence-electron chi connectivity index (χ1n) is 7.22. The van der Waals surface area contributed by atoms with Crippen LogP contribution in [-0.2, 0) is 0 Å². The van der Waals surface area contributed by atoms with Crippen LogP contribution in [0.1, 0.15) is 21.5 Å². The Morgan fingerprint density at radius 1 is 1.00 bits per heavy atom. The molecule has 0 bridgehead atoms. The molecule has 0 unspecified atom stereocenters. The molecule has 3 aromatic carbocycles. The lowest BCUT2D eigenvalue weighted by Gasteiger charge is -2.11. The highest BCUT2D eigenvalue weighted by molar-refractivity contribution is 14.1. The van der Waals surface area contributed by atoms with E-state index in [4.69, 9.17) is 0 Å². The first-order chi connectivity index (χ1) is 11.0. The van der Waals surface area contributed by atoms with Crippen LogP contribution in [-0.4, -0.2) is 5.91 Å². The van der Waals surface area contributed by atoms with Crippen molar-refractivity contribution in [1.29, 1.82) is 0 Å². The molecule has 116 valence electrons. The molecule has 4 heteroatoms. The SMILES string of the molecule is Cc1cc(NC(=O)c2cccc3c(Br)cccc23)cc(C)c1I. The number of benzene rings is 3. The van der Waals surface area contributed by atoms with Crippen molar-refractivity contribution in [2.75, 3.05) is 5.32 Å². The minimum atomic E-state index is -0.0892. The Morgan fingerprint density at radius 3 is 2.30 bits per heavy atom. The van der Waals surface area contributed by atoms with Gasteiger partial charge in [0, 0.05) is 19.3 Å². The lowest BCUT2D eigenvalue weighted by Crippen LogP contribution is -2.13. The summed E-state index contributed by atoms with van der Waals surface area (Å²) in [6, 6.07) is 15.7. The van der Waals surface area contributed by atoms with Crippen LogP contribution in [0.5, 0.6) is 0 Å². The average molecular weight is 480 g/mol. The molecule has 0 aliphatic rings. The third-order valence-electron chi connectivity index (χ3n) is 3.81. The fraction of sp³-hybridized carbons (Fsp3) is 0.105. The number of carbonyl (C=O) groups is 1. The Kier molecular flexibility index (Phi) is 4.73. The van der Waals surface area contributed by atoms with Crippen molar-refractivity contribution in [3.63, 3.8) is 0 Å². The predicted molar refractivity (Wildman–Crippen MR) is 108 cm³/mol. The van der Waals surface area contributed by atoms with Crippen LogP contribution in [0, 0.1) is 17.4 Å². The van der Waals surface area contributed by atoms with E-state index in [9.17, 15) is 4.79 Å². The van der Waals surface area contributed by atoms with Crippen LogP contribution in [0.25, 0.3) is 10.8 Å². The average Bonchev–Trinajstić information content (AvgIpc) is 2.52. The molecule has 0 saturated carbocycles. The van der Waals surface area contributed by atoms with Crippen molar-refractivity contribution >= 4 is 60.9 Å². The third kappa shape index (κ3) is 3.28. The second-order valence-electron chi connectivity index (χ2n) is 5.52. The number of fused-ring (bicyclic) bond motifs is 1. The Hall–Kier alpha value is -1.40. The summed E-state index contributed by atoms with van der Waals surface area (Å²) < 4.78 is 2.22. The maximum atomic E-state index is 12.7. The molecular weight excluding hydrogens is 465 g/mol. The Morgan fingerprint density at radius 2 is 1.61 bits per heavy atom. The summed E-state index contributed by atoms with van der Waals surface area (Å²) in [6.45, 7) is 4.11. The van der Waals surface area contributed by atoms with E-state index in [2.05, 4.69) is 57.7 Å². The van der Waals surface area contributed by atoms with Crippen molar-refractivity contribution in [3.05, 3.63) is 73.3 Å². The van der Waals surface area contributed by atoms with E-state index >= 15 is 0 Å². The molecule has 0 heterocycles. The van der Waals surface area contributed by atoms with Crippen molar-refractivity contribution < 1.29 is 4.79 Å². The largest absolute Gasteiger partial charge is 0.322 e. The Bertz CT molecular complexity index is 897. The fourth-order valence-electron chi connectivity index (χ4n) is 2.69. The number of hydrogen-bond donors (Lipinski definition) is 1. The Labute approximate surface area is 157 Å². The monoisotopic (exact) mass is 479 g/mol. The lowest BCUT2D eigenvalue weighted by molar-refractivity contribution is 0.102. The first-order valence-corrected chi connectivity index (χ1v) is 9.10. The normalized spacial score (nSPS) is 10.8. The molecule has 1 amide bonds. The molecule has 0 fully saturated rings. The maximum absolute atomic E-state index is 12.7. The lowest BCUT2D eigenvalue weighted by atomic mass is 10.0. The Balaban J connectivity index is 2.00. The van der Waals surface area contributed by atoms with Crippen LogP contribution in [0.2, 0.25) is 0 Å². The van der Waals surface area contributed by atoms with Crippen LogP contribution < -0.4 is 5.32 Å². The molecule has 0 radical (unpaired) electrons. The minimum absolute atomic E-state index is 0.0892. The van der Waals surface area contributed by atoms with E-state index in [1.807, 2.05) is 48.5 Å². The maximum Gasteiger partial charge on any atom is 0.256 e. The molecule has 23 heavy (non-hydrogen) atoms. The number of hydrogen-bond acceptors (Lipinski definition) is 1. The zero-order chi connectivity index (χ0) is 16.6. The summed E-state index contributed by atoms with van der Waals surface area (Å²) in [4.78, 5) is 12.7. The zero-order valence-electron chi connectivity index (χ0n) is 12.8. The van der Waals surface area contributed by atoms with Gasteiger partial charge in [-0.15, -0.1) is 0 Å². The highest BCUT2D eigenvalue weighted by atomic mass is 127.